The number of amides is 2. The van der Waals surface area contributed by atoms with E-state index in [4.69, 9.17) is 0 Å². The first-order valence-corrected chi connectivity index (χ1v) is 6.67. The summed E-state index contributed by atoms with van der Waals surface area (Å²) in [4.78, 5) is 12.8. The van der Waals surface area contributed by atoms with Crippen molar-refractivity contribution >= 4 is 6.03 Å². The average molecular weight is 322 g/mol. The zero-order valence-corrected chi connectivity index (χ0v) is 12.2. The summed E-state index contributed by atoms with van der Waals surface area (Å²) in [6, 6.07) is -1.35. The summed E-state index contributed by atoms with van der Waals surface area (Å²) in [7, 11) is 0. The van der Waals surface area contributed by atoms with Crippen molar-refractivity contribution in [3.05, 3.63) is 0 Å². The van der Waals surface area contributed by atoms with E-state index in [0.717, 1.165) is 11.8 Å². The van der Waals surface area contributed by atoms with Crippen molar-refractivity contribution in [2.75, 3.05) is 13.1 Å². The van der Waals surface area contributed by atoms with Crippen LogP contribution in [0.1, 0.15) is 40.0 Å². The lowest BCUT2D eigenvalue weighted by Crippen LogP contribution is -2.68. The Balaban J connectivity index is 5.45. The number of carbonyl (C=O) groups excluding carboxylic acids is 1. The number of hydrogen-bond donors (Lipinski definition) is 1. The third-order valence-corrected chi connectivity index (χ3v) is 3.09. The van der Waals surface area contributed by atoms with Gasteiger partial charge in [-0.05, 0) is 19.3 Å². The predicted molar refractivity (Wildman–Crippen MR) is 65.8 cm³/mol. The van der Waals surface area contributed by atoms with Gasteiger partial charge in [-0.15, -0.1) is 0 Å². The second-order valence-corrected chi connectivity index (χ2v) is 4.67. The third-order valence-electron chi connectivity index (χ3n) is 3.09. The van der Waals surface area contributed by atoms with Gasteiger partial charge in [0.15, 0.2) is 0 Å². The number of rotatable bonds is 6. The molecule has 0 radical (unpaired) electrons. The van der Waals surface area contributed by atoms with Crippen LogP contribution in [0.25, 0.3) is 0 Å². The van der Waals surface area contributed by atoms with Crippen LogP contribution in [0, 0.1) is 0 Å². The van der Waals surface area contributed by atoms with Gasteiger partial charge >= 0.3 is 18.4 Å². The summed E-state index contributed by atoms with van der Waals surface area (Å²) in [5, 5.41) is 1.17. The molecule has 0 aromatic carbocycles. The van der Waals surface area contributed by atoms with Gasteiger partial charge in [-0.1, -0.05) is 20.8 Å². The van der Waals surface area contributed by atoms with Gasteiger partial charge in [-0.3, -0.25) is 0 Å². The quantitative estimate of drug-likeness (QED) is 0.734. The van der Waals surface area contributed by atoms with Crippen molar-refractivity contribution in [2.24, 2.45) is 0 Å². The number of alkyl halides is 6. The highest BCUT2D eigenvalue weighted by atomic mass is 19.4. The standard InChI is InChI=1S/C12H20F6N2O/c1-4-7-20(8-5-2)9(21)19-10(6-3,11(13,14)15)12(16,17)18/h4-8H2,1-3H3,(H,19,21). The van der Waals surface area contributed by atoms with E-state index in [1.54, 1.807) is 13.8 Å². The normalized spacial score (nSPS) is 13.2. The Morgan fingerprint density at radius 3 is 1.52 bits per heavy atom. The lowest BCUT2D eigenvalue weighted by atomic mass is 9.94. The van der Waals surface area contributed by atoms with Crippen LogP contribution in [0.4, 0.5) is 31.1 Å². The molecule has 0 bridgehead atoms. The zero-order valence-electron chi connectivity index (χ0n) is 12.2. The molecular weight excluding hydrogens is 302 g/mol. The Hall–Kier alpha value is -1.15. The van der Waals surface area contributed by atoms with Crippen LogP contribution in [-0.2, 0) is 0 Å². The third kappa shape index (κ3) is 4.41. The van der Waals surface area contributed by atoms with Gasteiger partial charge in [0.25, 0.3) is 0 Å². The average Bonchev–Trinajstić information content (AvgIpc) is 2.32. The minimum Gasteiger partial charge on any atom is -0.325 e. The fourth-order valence-electron chi connectivity index (χ4n) is 1.91. The second kappa shape index (κ2) is 7.22. The number of hydrogen-bond acceptors (Lipinski definition) is 1. The molecule has 0 spiro atoms. The minimum atomic E-state index is -5.63. The van der Waals surface area contributed by atoms with Crippen LogP contribution in [-0.4, -0.2) is 41.9 Å². The molecule has 0 unspecified atom stereocenters. The van der Waals surface area contributed by atoms with Crippen molar-refractivity contribution < 1.29 is 31.1 Å². The molecule has 126 valence electrons. The van der Waals surface area contributed by atoms with Gasteiger partial charge in [-0.25, -0.2) is 4.79 Å². The molecule has 0 fully saturated rings. The highest BCUT2D eigenvalue weighted by Gasteiger charge is 2.70. The number of carbonyl (C=O) groups is 1. The van der Waals surface area contributed by atoms with Crippen LogP contribution in [0.15, 0.2) is 0 Å². The largest absolute Gasteiger partial charge is 0.420 e. The first-order chi connectivity index (χ1) is 9.46. The molecule has 21 heavy (non-hydrogen) atoms. The van der Waals surface area contributed by atoms with E-state index in [1.165, 1.54) is 5.32 Å². The lowest BCUT2D eigenvalue weighted by molar-refractivity contribution is -0.305. The van der Waals surface area contributed by atoms with Gasteiger partial charge in [0.1, 0.15) is 0 Å². The van der Waals surface area contributed by atoms with Crippen LogP contribution in [0.3, 0.4) is 0 Å². The van der Waals surface area contributed by atoms with Crippen molar-refractivity contribution in [3.8, 4) is 0 Å². The maximum Gasteiger partial charge on any atom is 0.420 e. The number of nitrogens with one attached hydrogen (secondary N) is 1. The van der Waals surface area contributed by atoms with Crippen LogP contribution in [0.2, 0.25) is 0 Å². The molecule has 0 heterocycles. The Kier molecular flexibility index (Phi) is 6.82. The topological polar surface area (TPSA) is 32.3 Å². The Morgan fingerprint density at radius 2 is 1.29 bits per heavy atom. The smallest absolute Gasteiger partial charge is 0.325 e. The summed E-state index contributed by atoms with van der Waals surface area (Å²) in [5.41, 5.74) is -4.23. The van der Waals surface area contributed by atoms with E-state index in [9.17, 15) is 31.1 Å². The molecule has 2 amide bonds. The second-order valence-electron chi connectivity index (χ2n) is 4.67. The fraction of sp³-hybridized carbons (Fsp3) is 0.917. The first kappa shape index (κ1) is 19.9. The number of urea groups is 1. The summed E-state index contributed by atoms with van der Waals surface area (Å²) >= 11 is 0. The molecule has 0 aliphatic rings. The van der Waals surface area contributed by atoms with Crippen LogP contribution >= 0.6 is 0 Å². The highest BCUT2D eigenvalue weighted by molar-refractivity contribution is 5.75. The van der Waals surface area contributed by atoms with Gasteiger partial charge in [0.05, 0.1) is 0 Å². The molecule has 3 nitrogen and oxygen atoms in total. The van der Waals surface area contributed by atoms with Crippen LogP contribution < -0.4 is 5.32 Å². The first-order valence-electron chi connectivity index (χ1n) is 6.67. The molecule has 1 N–H and O–H groups in total. The maximum absolute atomic E-state index is 12.9. The van der Waals surface area contributed by atoms with Crippen molar-refractivity contribution in [2.45, 2.75) is 57.9 Å². The van der Waals surface area contributed by atoms with Gasteiger partial charge in [0, 0.05) is 13.1 Å². The molecular formula is C12H20F6N2O. The van der Waals surface area contributed by atoms with E-state index < -0.39 is 30.3 Å². The maximum atomic E-state index is 12.9. The molecule has 9 heteroatoms. The molecule has 0 aromatic heterocycles. The number of halogens is 6. The summed E-state index contributed by atoms with van der Waals surface area (Å²) in [6.07, 6.45) is -11.7. The highest BCUT2D eigenvalue weighted by Crippen LogP contribution is 2.45. The Morgan fingerprint density at radius 1 is 0.905 bits per heavy atom. The number of nitrogens with zero attached hydrogens (tertiary/aromatic N) is 1. The van der Waals surface area contributed by atoms with Crippen molar-refractivity contribution in [1.82, 2.24) is 10.2 Å². The minimum absolute atomic E-state index is 0.0924. The Bertz CT molecular complexity index is 320. The van der Waals surface area contributed by atoms with E-state index in [2.05, 4.69) is 0 Å². The summed E-state index contributed by atoms with van der Waals surface area (Å²) in [5.74, 6) is 0. The van der Waals surface area contributed by atoms with E-state index >= 15 is 0 Å². The molecule has 0 aromatic rings. The van der Waals surface area contributed by atoms with Crippen molar-refractivity contribution in [1.29, 1.82) is 0 Å². The van der Waals surface area contributed by atoms with E-state index in [1.807, 2.05) is 0 Å². The van der Waals surface area contributed by atoms with Crippen molar-refractivity contribution in [3.63, 3.8) is 0 Å². The monoisotopic (exact) mass is 322 g/mol. The molecule has 0 aliphatic carbocycles. The SMILES string of the molecule is CCCN(CCC)C(=O)NC(CC)(C(F)(F)F)C(F)(F)F. The molecule has 0 aliphatic heterocycles. The lowest BCUT2D eigenvalue weighted by Gasteiger charge is -2.38. The van der Waals surface area contributed by atoms with Gasteiger partial charge in [-0.2, -0.15) is 26.3 Å². The zero-order chi connectivity index (χ0) is 16.9. The molecule has 0 rings (SSSR count). The molecule has 0 saturated heterocycles. The van der Waals surface area contributed by atoms with E-state index in [0.29, 0.717) is 12.8 Å². The Labute approximate surface area is 119 Å². The van der Waals surface area contributed by atoms with Gasteiger partial charge in [0.2, 0.25) is 5.54 Å². The van der Waals surface area contributed by atoms with E-state index in [-0.39, 0.29) is 13.1 Å². The predicted octanol–water partition coefficient (Wildman–Crippen LogP) is 4.09. The molecule has 0 saturated carbocycles. The van der Waals surface area contributed by atoms with Gasteiger partial charge < -0.3 is 10.2 Å². The summed E-state index contributed by atoms with van der Waals surface area (Å²) < 4.78 is 77.5. The van der Waals surface area contributed by atoms with Crippen LogP contribution in [0.5, 0.6) is 0 Å². The summed E-state index contributed by atoms with van der Waals surface area (Å²) in [6.45, 7) is 4.28. The molecule has 0 atom stereocenters. The fourth-order valence-corrected chi connectivity index (χ4v) is 1.91.